The van der Waals surface area contributed by atoms with E-state index < -0.39 is 0 Å². The van der Waals surface area contributed by atoms with Gasteiger partial charge in [0.2, 0.25) is 5.91 Å². The first-order chi connectivity index (χ1) is 8.17. The van der Waals surface area contributed by atoms with E-state index in [-0.39, 0.29) is 11.9 Å². The number of hydrogen-bond donors (Lipinski definition) is 0. The third kappa shape index (κ3) is 4.73. The first-order valence-electron chi connectivity index (χ1n) is 6.24. The van der Waals surface area contributed by atoms with Crippen molar-refractivity contribution in [1.82, 2.24) is 9.80 Å². The number of likely N-dealkylation sites (N-methyl/N-ethyl adjacent to an activating group) is 1. The molecule has 1 aliphatic rings. The zero-order valence-corrected chi connectivity index (χ0v) is 10.8. The summed E-state index contributed by atoms with van der Waals surface area (Å²) in [6, 6.07) is 0. The molecule has 5 heteroatoms. The summed E-state index contributed by atoms with van der Waals surface area (Å²) in [6.45, 7) is 5.53. The summed E-state index contributed by atoms with van der Waals surface area (Å²) in [5.41, 5.74) is 0. The van der Waals surface area contributed by atoms with Crippen LogP contribution in [0.3, 0.4) is 0 Å². The average Bonchev–Trinajstić information content (AvgIpc) is 2.87. The fourth-order valence-corrected chi connectivity index (χ4v) is 1.96. The van der Waals surface area contributed by atoms with Crippen LogP contribution in [0, 0.1) is 0 Å². The minimum atomic E-state index is -0.225. The van der Waals surface area contributed by atoms with Gasteiger partial charge in [0.05, 0.1) is 20.1 Å². The zero-order chi connectivity index (χ0) is 12.7. The lowest BCUT2D eigenvalue weighted by Crippen LogP contribution is -2.39. The summed E-state index contributed by atoms with van der Waals surface area (Å²) in [5, 5.41) is 0. The summed E-state index contributed by atoms with van der Waals surface area (Å²) in [7, 11) is 1.38. The van der Waals surface area contributed by atoms with E-state index >= 15 is 0 Å². The van der Waals surface area contributed by atoms with Gasteiger partial charge in [0.25, 0.3) is 0 Å². The molecule has 0 unspecified atom stereocenters. The van der Waals surface area contributed by atoms with Crippen molar-refractivity contribution in [3.63, 3.8) is 0 Å². The van der Waals surface area contributed by atoms with Gasteiger partial charge in [-0.25, -0.2) is 0 Å². The van der Waals surface area contributed by atoms with Gasteiger partial charge in [0, 0.05) is 19.6 Å². The molecule has 0 aromatic rings. The number of esters is 1. The molecule has 0 saturated carbocycles. The fourth-order valence-electron chi connectivity index (χ4n) is 1.96. The third-order valence-corrected chi connectivity index (χ3v) is 3.12. The minimum absolute atomic E-state index is 0.175. The molecule has 0 bridgehead atoms. The topological polar surface area (TPSA) is 49.9 Å². The van der Waals surface area contributed by atoms with Crippen molar-refractivity contribution in [3.05, 3.63) is 0 Å². The van der Waals surface area contributed by atoms with Crippen LogP contribution in [-0.2, 0) is 14.3 Å². The summed E-state index contributed by atoms with van der Waals surface area (Å²) < 4.78 is 4.59. The molecule has 0 aromatic heterocycles. The van der Waals surface area contributed by atoms with Crippen molar-refractivity contribution < 1.29 is 14.3 Å². The molecule has 98 valence electrons. The Bertz CT molecular complexity index is 262. The number of methoxy groups -OCH3 is 1. The molecule has 5 nitrogen and oxygen atoms in total. The SMILES string of the molecule is CCN(CCC(=O)OC)CC(=O)N1CCCC1. The van der Waals surface area contributed by atoms with E-state index in [1.54, 1.807) is 0 Å². The van der Waals surface area contributed by atoms with Gasteiger partial charge in [-0.3, -0.25) is 14.5 Å². The molecule has 1 aliphatic heterocycles. The molecule has 1 amide bonds. The Morgan fingerprint density at radius 2 is 1.94 bits per heavy atom. The molecule has 1 saturated heterocycles. The predicted octanol–water partition coefficient (Wildman–Crippen LogP) is 0.494. The lowest BCUT2D eigenvalue weighted by atomic mass is 10.3. The molecule has 0 aliphatic carbocycles. The number of amides is 1. The largest absolute Gasteiger partial charge is 0.469 e. The lowest BCUT2D eigenvalue weighted by molar-refractivity contribution is -0.141. The van der Waals surface area contributed by atoms with Gasteiger partial charge < -0.3 is 9.64 Å². The van der Waals surface area contributed by atoms with Gasteiger partial charge in [0.1, 0.15) is 0 Å². The van der Waals surface area contributed by atoms with Crippen LogP contribution in [0.25, 0.3) is 0 Å². The van der Waals surface area contributed by atoms with E-state index in [4.69, 9.17) is 0 Å². The second-order valence-electron chi connectivity index (χ2n) is 4.28. The molecule has 17 heavy (non-hydrogen) atoms. The third-order valence-electron chi connectivity index (χ3n) is 3.12. The van der Waals surface area contributed by atoms with Gasteiger partial charge in [-0.1, -0.05) is 6.92 Å². The number of rotatable bonds is 6. The van der Waals surface area contributed by atoms with E-state index in [0.717, 1.165) is 32.5 Å². The smallest absolute Gasteiger partial charge is 0.306 e. The average molecular weight is 242 g/mol. The number of hydrogen-bond acceptors (Lipinski definition) is 4. The number of carbonyl (C=O) groups excluding carboxylic acids is 2. The quantitative estimate of drug-likeness (QED) is 0.636. The maximum absolute atomic E-state index is 11.9. The summed E-state index contributed by atoms with van der Waals surface area (Å²) in [5.74, 6) is -0.0497. The Labute approximate surface area is 103 Å². The molecule has 0 spiro atoms. The molecule has 0 aromatic carbocycles. The van der Waals surface area contributed by atoms with Crippen LogP contribution in [0.5, 0.6) is 0 Å². The maximum atomic E-state index is 11.9. The highest BCUT2D eigenvalue weighted by atomic mass is 16.5. The maximum Gasteiger partial charge on any atom is 0.306 e. The van der Waals surface area contributed by atoms with Crippen molar-refractivity contribution in [2.24, 2.45) is 0 Å². The fraction of sp³-hybridized carbons (Fsp3) is 0.833. The number of ether oxygens (including phenoxy) is 1. The second-order valence-corrected chi connectivity index (χ2v) is 4.28. The van der Waals surface area contributed by atoms with E-state index in [9.17, 15) is 9.59 Å². The first kappa shape index (κ1) is 14.0. The van der Waals surface area contributed by atoms with E-state index in [2.05, 4.69) is 4.74 Å². The van der Waals surface area contributed by atoms with Crippen molar-refractivity contribution in [2.45, 2.75) is 26.2 Å². The molecule has 0 atom stereocenters. The first-order valence-corrected chi connectivity index (χ1v) is 6.24. The minimum Gasteiger partial charge on any atom is -0.469 e. The van der Waals surface area contributed by atoms with Crippen molar-refractivity contribution in [1.29, 1.82) is 0 Å². The highest BCUT2D eigenvalue weighted by Crippen LogP contribution is 2.08. The van der Waals surface area contributed by atoms with Gasteiger partial charge in [0.15, 0.2) is 0 Å². The van der Waals surface area contributed by atoms with Crippen LogP contribution >= 0.6 is 0 Å². The van der Waals surface area contributed by atoms with Crippen molar-refractivity contribution in [3.8, 4) is 0 Å². The van der Waals surface area contributed by atoms with Crippen LogP contribution in [0.4, 0.5) is 0 Å². The van der Waals surface area contributed by atoms with Crippen molar-refractivity contribution >= 4 is 11.9 Å². The van der Waals surface area contributed by atoms with Crippen LogP contribution in [0.2, 0.25) is 0 Å². The zero-order valence-electron chi connectivity index (χ0n) is 10.8. The molecule has 0 N–H and O–H groups in total. The highest BCUT2D eigenvalue weighted by Gasteiger charge is 2.20. The summed E-state index contributed by atoms with van der Waals surface area (Å²) in [6.07, 6.45) is 2.57. The number of likely N-dealkylation sites (tertiary alicyclic amines) is 1. The van der Waals surface area contributed by atoms with E-state index in [1.807, 2.05) is 16.7 Å². The van der Waals surface area contributed by atoms with Gasteiger partial charge in [-0.2, -0.15) is 0 Å². The molecular weight excluding hydrogens is 220 g/mol. The monoisotopic (exact) mass is 242 g/mol. The van der Waals surface area contributed by atoms with Crippen LogP contribution < -0.4 is 0 Å². The summed E-state index contributed by atoms with van der Waals surface area (Å²) in [4.78, 5) is 26.8. The van der Waals surface area contributed by atoms with E-state index in [1.165, 1.54) is 7.11 Å². The second kappa shape index (κ2) is 7.27. The van der Waals surface area contributed by atoms with Crippen molar-refractivity contribution in [2.75, 3.05) is 39.8 Å². The Balaban J connectivity index is 2.30. The van der Waals surface area contributed by atoms with E-state index in [0.29, 0.717) is 19.5 Å². The Morgan fingerprint density at radius 1 is 1.29 bits per heavy atom. The van der Waals surface area contributed by atoms with Crippen LogP contribution in [-0.4, -0.2) is 61.5 Å². The molecule has 0 radical (unpaired) electrons. The number of carbonyl (C=O) groups is 2. The van der Waals surface area contributed by atoms with Crippen LogP contribution in [0.1, 0.15) is 26.2 Å². The molecular formula is C12H22N2O3. The molecule has 1 fully saturated rings. The van der Waals surface area contributed by atoms with Gasteiger partial charge in [-0.05, 0) is 19.4 Å². The van der Waals surface area contributed by atoms with Gasteiger partial charge >= 0.3 is 5.97 Å². The number of nitrogens with zero attached hydrogens (tertiary/aromatic N) is 2. The Morgan fingerprint density at radius 3 is 2.47 bits per heavy atom. The molecule has 1 rings (SSSR count). The van der Waals surface area contributed by atoms with Crippen LogP contribution in [0.15, 0.2) is 0 Å². The highest BCUT2D eigenvalue weighted by molar-refractivity contribution is 5.78. The lowest BCUT2D eigenvalue weighted by Gasteiger charge is -2.23. The van der Waals surface area contributed by atoms with Gasteiger partial charge in [-0.15, -0.1) is 0 Å². The normalized spacial score (nSPS) is 15.4. The standard InChI is InChI=1S/C12H22N2O3/c1-3-13(9-6-12(16)17-2)10-11(15)14-7-4-5-8-14/h3-10H2,1-2H3. The Hall–Kier alpha value is -1.10. The Kier molecular flexibility index (Phi) is 5.97. The summed E-state index contributed by atoms with van der Waals surface area (Å²) >= 11 is 0. The predicted molar refractivity (Wildman–Crippen MR) is 64.6 cm³/mol. The molecule has 1 heterocycles.